The number of guanidine groups is 1. The van der Waals surface area contributed by atoms with Crippen molar-refractivity contribution in [3.05, 3.63) is 35.4 Å². The zero-order valence-electron chi connectivity index (χ0n) is 17.1. The number of hydrogen-bond donors (Lipinski definition) is 2. The zero-order valence-corrected chi connectivity index (χ0v) is 19.4. The van der Waals surface area contributed by atoms with E-state index in [1.54, 1.807) is 19.1 Å². The average Bonchev–Trinajstić information content (AvgIpc) is 2.52. The molecule has 0 saturated carbocycles. The SMILES string of the molecule is COCC(C)NC(N)=NCc1ccc(CN(C)C(=O)OC(C)(C)C)cc1.I. The lowest BCUT2D eigenvalue weighted by Crippen LogP contribution is -2.40. The maximum absolute atomic E-state index is 12.0. The van der Waals surface area contributed by atoms with Crippen LogP contribution in [0.5, 0.6) is 0 Å². The number of nitrogens with two attached hydrogens (primary N) is 1. The van der Waals surface area contributed by atoms with Gasteiger partial charge in [0.1, 0.15) is 5.60 Å². The molecule has 0 fully saturated rings. The smallest absolute Gasteiger partial charge is 0.410 e. The van der Waals surface area contributed by atoms with Crippen LogP contribution in [0.25, 0.3) is 0 Å². The molecule has 7 nitrogen and oxygen atoms in total. The first-order chi connectivity index (χ1) is 12.1. The minimum atomic E-state index is -0.498. The van der Waals surface area contributed by atoms with Gasteiger partial charge in [-0.15, -0.1) is 24.0 Å². The lowest BCUT2D eigenvalue weighted by Gasteiger charge is -2.24. The number of halogens is 1. The fraction of sp³-hybridized carbons (Fsp3) is 0.579. The Morgan fingerprint density at radius 2 is 1.81 bits per heavy atom. The van der Waals surface area contributed by atoms with Crippen LogP contribution >= 0.6 is 24.0 Å². The van der Waals surface area contributed by atoms with E-state index in [0.29, 0.717) is 25.7 Å². The number of carbonyl (C=O) groups is 1. The van der Waals surface area contributed by atoms with E-state index in [1.807, 2.05) is 52.0 Å². The number of rotatable bonds is 7. The van der Waals surface area contributed by atoms with Crippen LogP contribution in [0.2, 0.25) is 0 Å². The molecule has 0 aromatic heterocycles. The first kappa shape index (κ1) is 25.4. The molecule has 3 N–H and O–H groups in total. The van der Waals surface area contributed by atoms with Crippen LogP contribution in [0.1, 0.15) is 38.8 Å². The van der Waals surface area contributed by atoms with E-state index in [2.05, 4.69) is 10.3 Å². The number of ether oxygens (including phenoxy) is 2. The summed E-state index contributed by atoms with van der Waals surface area (Å²) in [4.78, 5) is 17.9. The highest BCUT2D eigenvalue weighted by Crippen LogP contribution is 2.12. The van der Waals surface area contributed by atoms with Crippen molar-refractivity contribution in [2.24, 2.45) is 10.7 Å². The van der Waals surface area contributed by atoms with Crippen LogP contribution in [0.3, 0.4) is 0 Å². The van der Waals surface area contributed by atoms with Gasteiger partial charge in [-0.2, -0.15) is 0 Å². The molecule has 8 heteroatoms. The Morgan fingerprint density at radius 3 is 2.33 bits per heavy atom. The molecular formula is C19H33IN4O3. The number of nitrogens with one attached hydrogen (secondary N) is 1. The number of methoxy groups -OCH3 is 1. The molecule has 1 aromatic rings. The Kier molecular flexibility index (Phi) is 11.3. The Labute approximate surface area is 179 Å². The molecule has 0 saturated heterocycles. The second-order valence-corrected chi connectivity index (χ2v) is 7.36. The van der Waals surface area contributed by atoms with Crippen molar-refractivity contribution in [1.82, 2.24) is 10.2 Å². The summed E-state index contributed by atoms with van der Waals surface area (Å²) in [5, 5.41) is 3.06. The highest BCUT2D eigenvalue weighted by molar-refractivity contribution is 14.0. The monoisotopic (exact) mass is 492 g/mol. The molecule has 1 amide bonds. The summed E-state index contributed by atoms with van der Waals surface area (Å²) in [6, 6.07) is 8.02. The molecule has 1 unspecified atom stereocenters. The summed E-state index contributed by atoms with van der Waals surface area (Å²) < 4.78 is 10.4. The second kappa shape index (κ2) is 12.0. The van der Waals surface area contributed by atoms with Gasteiger partial charge < -0.3 is 25.4 Å². The molecule has 0 aliphatic heterocycles. The van der Waals surface area contributed by atoms with E-state index >= 15 is 0 Å². The fourth-order valence-corrected chi connectivity index (χ4v) is 2.19. The van der Waals surface area contributed by atoms with Gasteiger partial charge in [-0.1, -0.05) is 24.3 Å². The summed E-state index contributed by atoms with van der Waals surface area (Å²) in [5.41, 5.74) is 7.42. The Balaban J connectivity index is 0.00000676. The summed E-state index contributed by atoms with van der Waals surface area (Å²) in [6.07, 6.45) is -0.338. The lowest BCUT2D eigenvalue weighted by molar-refractivity contribution is 0.0285. The van der Waals surface area contributed by atoms with E-state index in [4.69, 9.17) is 15.2 Å². The number of amides is 1. The van der Waals surface area contributed by atoms with E-state index in [9.17, 15) is 4.79 Å². The molecule has 154 valence electrons. The minimum Gasteiger partial charge on any atom is -0.444 e. The summed E-state index contributed by atoms with van der Waals surface area (Å²) in [6.45, 7) is 9.06. The van der Waals surface area contributed by atoms with Gasteiger partial charge in [0.2, 0.25) is 0 Å². The van der Waals surface area contributed by atoms with Gasteiger partial charge in [0.15, 0.2) is 5.96 Å². The van der Waals surface area contributed by atoms with Crippen LogP contribution in [-0.4, -0.2) is 49.4 Å². The number of hydrogen-bond acceptors (Lipinski definition) is 4. The maximum Gasteiger partial charge on any atom is 0.410 e. The molecule has 27 heavy (non-hydrogen) atoms. The number of benzene rings is 1. The van der Waals surface area contributed by atoms with E-state index < -0.39 is 5.60 Å². The van der Waals surface area contributed by atoms with Gasteiger partial charge in [0, 0.05) is 26.7 Å². The van der Waals surface area contributed by atoms with Gasteiger partial charge in [0.25, 0.3) is 0 Å². The van der Waals surface area contributed by atoms with Gasteiger partial charge in [0.05, 0.1) is 13.2 Å². The highest BCUT2D eigenvalue weighted by atomic mass is 127. The third-order valence-electron chi connectivity index (χ3n) is 3.39. The van der Waals surface area contributed by atoms with Crippen molar-refractivity contribution in [2.75, 3.05) is 20.8 Å². The predicted octanol–water partition coefficient (Wildman–Crippen LogP) is 3.11. The number of carbonyl (C=O) groups excluding carboxylic acids is 1. The molecule has 0 spiro atoms. The number of nitrogens with zero attached hydrogens (tertiary/aromatic N) is 2. The quantitative estimate of drug-likeness (QED) is 0.347. The molecule has 1 rings (SSSR count). The first-order valence-corrected chi connectivity index (χ1v) is 8.68. The summed E-state index contributed by atoms with van der Waals surface area (Å²) in [7, 11) is 3.37. The van der Waals surface area contributed by atoms with E-state index in [-0.39, 0.29) is 36.1 Å². The topological polar surface area (TPSA) is 89.2 Å². The Morgan fingerprint density at radius 1 is 1.26 bits per heavy atom. The molecule has 0 radical (unpaired) electrons. The standard InChI is InChI=1S/C19H32N4O3.HI/c1-14(13-25-6)22-17(20)21-11-15-7-9-16(10-8-15)12-23(5)18(24)26-19(2,3)4;/h7-10,14H,11-13H2,1-6H3,(H3,20,21,22);1H. The van der Waals surface area contributed by atoms with Gasteiger partial charge >= 0.3 is 6.09 Å². The van der Waals surface area contributed by atoms with Crippen molar-refractivity contribution in [1.29, 1.82) is 0 Å². The largest absolute Gasteiger partial charge is 0.444 e. The Hall–Kier alpha value is -1.55. The van der Waals surface area contributed by atoms with E-state index in [0.717, 1.165) is 11.1 Å². The van der Waals surface area contributed by atoms with Gasteiger partial charge in [-0.25, -0.2) is 9.79 Å². The average molecular weight is 492 g/mol. The third kappa shape index (κ3) is 11.0. The van der Waals surface area contributed by atoms with Crippen molar-refractivity contribution in [2.45, 2.75) is 52.4 Å². The molecule has 0 aliphatic carbocycles. The molecule has 0 aliphatic rings. The van der Waals surface area contributed by atoms with Gasteiger partial charge in [-0.05, 0) is 38.8 Å². The van der Waals surface area contributed by atoms with Crippen LogP contribution in [-0.2, 0) is 22.6 Å². The van der Waals surface area contributed by atoms with Crippen LogP contribution in [0, 0.1) is 0 Å². The molecule has 0 bridgehead atoms. The third-order valence-corrected chi connectivity index (χ3v) is 3.39. The molecule has 1 atom stereocenters. The summed E-state index contributed by atoms with van der Waals surface area (Å²) in [5.74, 6) is 0.392. The van der Waals surface area contributed by atoms with Crippen molar-refractivity contribution in [3.63, 3.8) is 0 Å². The Bertz CT molecular complexity index is 600. The van der Waals surface area contributed by atoms with Crippen molar-refractivity contribution < 1.29 is 14.3 Å². The van der Waals surface area contributed by atoms with E-state index in [1.165, 1.54) is 0 Å². The minimum absolute atomic E-state index is 0. The fourth-order valence-electron chi connectivity index (χ4n) is 2.19. The van der Waals surface area contributed by atoms with Crippen LogP contribution < -0.4 is 11.1 Å². The number of aliphatic imine (C=N–C) groups is 1. The second-order valence-electron chi connectivity index (χ2n) is 7.36. The summed E-state index contributed by atoms with van der Waals surface area (Å²) >= 11 is 0. The zero-order chi connectivity index (χ0) is 19.7. The normalized spacial score (nSPS) is 12.7. The first-order valence-electron chi connectivity index (χ1n) is 8.68. The highest BCUT2D eigenvalue weighted by Gasteiger charge is 2.19. The van der Waals surface area contributed by atoms with Crippen LogP contribution in [0.15, 0.2) is 29.3 Å². The van der Waals surface area contributed by atoms with Crippen molar-refractivity contribution in [3.8, 4) is 0 Å². The van der Waals surface area contributed by atoms with Gasteiger partial charge in [-0.3, -0.25) is 0 Å². The lowest BCUT2D eigenvalue weighted by atomic mass is 10.1. The predicted molar refractivity (Wildman–Crippen MR) is 119 cm³/mol. The molecular weight excluding hydrogens is 459 g/mol. The van der Waals surface area contributed by atoms with Crippen LogP contribution in [0.4, 0.5) is 4.79 Å². The molecule has 1 aromatic carbocycles. The van der Waals surface area contributed by atoms with Crippen molar-refractivity contribution >= 4 is 36.0 Å². The maximum atomic E-state index is 12.0. The molecule has 0 heterocycles.